The molecule has 1 fully saturated rings. The van der Waals surface area contributed by atoms with Crippen molar-refractivity contribution < 1.29 is 19.1 Å². The molecule has 3 aromatic carbocycles. The van der Waals surface area contributed by atoms with E-state index in [9.17, 15) is 9.59 Å². The lowest BCUT2D eigenvalue weighted by molar-refractivity contribution is -0.135. The number of rotatable bonds is 6. The van der Waals surface area contributed by atoms with Gasteiger partial charge in [-0.2, -0.15) is 0 Å². The topological polar surface area (TPSA) is 62.3 Å². The Hall–Kier alpha value is -4.00. The number of hydrogen-bond donors (Lipinski definition) is 0. The Balaban J connectivity index is 1.38. The summed E-state index contributed by atoms with van der Waals surface area (Å²) in [5, 5.41) is 0. The Morgan fingerprint density at radius 2 is 1.59 bits per heavy atom. The molecule has 7 heteroatoms. The molecule has 3 atom stereocenters. The van der Waals surface area contributed by atoms with Gasteiger partial charge in [0.05, 0.1) is 25.2 Å². The second-order valence-electron chi connectivity index (χ2n) is 11.3. The number of benzene rings is 3. The zero-order chi connectivity index (χ0) is 28.7. The van der Waals surface area contributed by atoms with Crippen LogP contribution in [0.2, 0.25) is 0 Å². The molecule has 0 saturated carbocycles. The minimum atomic E-state index is -0.492. The van der Waals surface area contributed by atoms with E-state index in [1.54, 1.807) is 0 Å². The van der Waals surface area contributed by atoms with Crippen molar-refractivity contribution in [3.05, 3.63) is 88.5 Å². The molecule has 2 amide bonds. The predicted octanol–water partition coefficient (Wildman–Crippen LogP) is 5.37. The van der Waals surface area contributed by atoms with E-state index < -0.39 is 12.0 Å². The van der Waals surface area contributed by atoms with E-state index in [0.717, 1.165) is 23.2 Å². The average Bonchev–Trinajstić information content (AvgIpc) is 2.98. The standard InChI is InChI=1S/C34H39N3O4/c1-5-40-29-19-24-15-16-37-32(28(24)20-30(29)41-6-2)31(26-9-7-8-10-27(26)33(37)38)34(39)35-17-18-36(23(4)21-35)25-13-11-22(3)12-14-25/h7-14,19-20,23,31-32H,5-6,15-18,21H2,1-4H3/t23-,31+,32+/m0/s1. The summed E-state index contributed by atoms with van der Waals surface area (Å²) in [6, 6.07) is 20.1. The highest BCUT2D eigenvalue weighted by Crippen LogP contribution is 2.49. The van der Waals surface area contributed by atoms with Gasteiger partial charge < -0.3 is 24.2 Å². The summed E-state index contributed by atoms with van der Waals surface area (Å²) >= 11 is 0. The molecule has 0 aliphatic carbocycles. The molecule has 0 bridgehead atoms. The second kappa shape index (κ2) is 11.1. The highest BCUT2D eigenvalue weighted by Gasteiger charge is 2.48. The van der Waals surface area contributed by atoms with Crippen LogP contribution in [0.15, 0.2) is 60.7 Å². The maximum Gasteiger partial charge on any atom is 0.254 e. The maximum atomic E-state index is 14.6. The number of fused-ring (bicyclic) bond motifs is 4. The molecule has 3 aliphatic rings. The summed E-state index contributed by atoms with van der Waals surface area (Å²) in [4.78, 5) is 34.7. The number of amides is 2. The van der Waals surface area contributed by atoms with Crippen molar-refractivity contribution in [2.45, 2.75) is 52.1 Å². The third kappa shape index (κ3) is 4.81. The van der Waals surface area contributed by atoms with E-state index in [2.05, 4.69) is 49.1 Å². The summed E-state index contributed by atoms with van der Waals surface area (Å²) in [6.45, 7) is 11.8. The van der Waals surface area contributed by atoms with Crippen molar-refractivity contribution in [1.82, 2.24) is 9.80 Å². The fraction of sp³-hybridized carbons (Fsp3) is 0.412. The first-order valence-electron chi connectivity index (χ1n) is 14.9. The van der Waals surface area contributed by atoms with Crippen LogP contribution in [0, 0.1) is 6.92 Å². The molecule has 3 heterocycles. The normalized spacial score (nSPS) is 21.6. The van der Waals surface area contributed by atoms with Crippen molar-refractivity contribution in [1.29, 1.82) is 0 Å². The summed E-state index contributed by atoms with van der Waals surface area (Å²) in [7, 11) is 0. The molecule has 7 nitrogen and oxygen atoms in total. The average molecular weight is 554 g/mol. The van der Waals surface area contributed by atoms with Crippen LogP contribution < -0.4 is 14.4 Å². The smallest absolute Gasteiger partial charge is 0.254 e. The van der Waals surface area contributed by atoms with E-state index in [1.807, 2.05) is 54.0 Å². The Bertz CT molecular complexity index is 1450. The Kier molecular flexibility index (Phi) is 7.37. The SMILES string of the molecule is CCOc1cc2c(cc1OCC)[C@@H]1[C@H](C(=O)N3CCN(c4ccc(C)cc4)[C@@H](C)C3)c3ccccc3C(=O)N1CC2. The molecule has 1 saturated heterocycles. The summed E-state index contributed by atoms with van der Waals surface area (Å²) in [5.74, 6) is 0.953. The van der Waals surface area contributed by atoms with Crippen LogP contribution in [0.4, 0.5) is 5.69 Å². The maximum absolute atomic E-state index is 14.6. The van der Waals surface area contributed by atoms with Crippen molar-refractivity contribution in [2.24, 2.45) is 0 Å². The van der Waals surface area contributed by atoms with Crippen LogP contribution in [-0.4, -0.2) is 67.0 Å². The minimum absolute atomic E-state index is 0.00953. The van der Waals surface area contributed by atoms with E-state index >= 15 is 0 Å². The number of carbonyl (C=O) groups excluding carboxylic acids is 2. The molecule has 3 aromatic rings. The van der Waals surface area contributed by atoms with Gasteiger partial charge in [0.15, 0.2) is 11.5 Å². The fourth-order valence-corrected chi connectivity index (χ4v) is 6.81. The van der Waals surface area contributed by atoms with Crippen LogP contribution in [0.5, 0.6) is 11.5 Å². The number of piperazine rings is 1. The van der Waals surface area contributed by atoms with Crippen LogP contribution in [0.25, 0.3) is 0 Å². The van der Waals surface area contributed by atoms with Crippen LogP contribution in [-0.2, 0) is 11.2 Å². The summed E-state index contributed by atoms with van der Waals surface area (Å²) in [5.41, 5.74) is 5.96. The quantitative estimate of drug-likeness (QED) is 0.411. The molecule has 3 aliphatic heterocycles. The third-order valence-electron chi connectivity index (χ3n) is 8.76. The van der Waals surface area contributed by atoms with Gasteiger partial charge in [0.25, 0.3) is 5.91 Å². The number of anilines is 1. The molecule has 0 radical (unpaired) electrons. The lowest BCUT2D eigenvalue weighted by Crippen LogP contribution is -2.57. The molecular weight excluding hydrogens is 514 g/mol. The number of aryl methyl sites for hydroxylation is 1. The Morgan fingerprint density at radius 3 is 2.29 bits per heavy atom. The molecule has 214 valence electrons. The lowest BCUT2D eigenvalue weighted by Gasteiger charge is -2.48. The number of carbonyl (C=O) groups is 2. The molecule has 6 rings (SSSR count). The molecule has 0 unspecified atom stereocenters. The highest BCUT2D eigenvalue weighted by atomic mass is 16.5. The first-order chi connectivity index (χ1) is 19.9. The lowest BCUT2D eigenvalue weighted by atomic mass is 9.75. The zero-order valence-electron chi connectivity index (χ0n) is 24.4. The Morgan fingerprint density at radius 1 is 0.878 bits per heavy atom. The van der Waals surface area contributed by atoms with E-state index in [0.29, 0.717) is 56.3 Å². The van der Waals surface area contributed by atoms with Gasteiger partial charge in [-0.1, -0.05) is 35.9 Å². The van der Waals surface area contributed by atoms with E-state index in [4.69, 9.17) is 9.47 Å². The highest BCUT2D eigenvalue weighted by molar-refractivity contribution is 6.01. The monoisotopic (exact) mass is 553 g/mol. The molecule has 0 spiro atoms. The van der Waals surface area contributed by atoms with Gasteiger partial charge >= 0.3 is 0 Å². The zero-order valence-corrected chi connectivity index (χ0v) is 24.4. The van der Waals surface area contributed by atoms with Crippen molar-refractivity contribution in [3.8, 4) is 11.5 Å². The molecule has 0 aromatic heterocycles. The first kappa shape index (κ1) is 27.2. The Labute approximate surface area is 242 Å². The van der Waals surface area contributed by atoms with Crippen LogP contribution in [0.3, 0.4) is 0 Å². The summed E-state index contributed by atoms with van der Waals surface area (Å²) < 4.78 is 11.9. The first-order valence-corrected chi connectivity index (χ1v) is 14.9. The van der Waals surface area contributed by atoms with Crippen LogP contribution in [0.1, 0.15) is 65.3 Å². The van der Waals surface area contributed by atoms with Crippen molar-refractivity contribution >= 4 is 17.5 Å². The third-order valence-corrected chi connectivity index (χ3v) is 8.76. The fourth-order valence-electron chi connectivity index (χ4n) is 6.81. The van der Waals surface area contributed by atoms with Gasteiger partial charge in [-0.3, -0.25) is 9.59 Å². The number of hydrogen-bond acceptors (Lipinski definition) is 5. The van der Waals surface area contributed by atoms with Gasteiger partial charge in [0.2, 0.25) is 5.91 Å². The van der Waals surface area contributed by atoms with E-state index in [-0.39, 0.29) is 17.9 Å². The molecular formula is C34H39N3O4. The summed E-state index contributed by atoms with van der Waals surface area (Å²) in [6.07, 6.45) is 0.708. The van der Waals surface area contributed by atoms with Gasteiger partial charge in [0, 0.05) is 43.5 Å². The second-order valence-corrected chi connectivity index (χ2v) is 11.3. The van der Waals surface area contributed by atoms with Gasteiger partial charge in [-0.25, -0.2) is 0 Å². The van der Waals surface area contributed by atoms with Crippen molar-refractivity contribution in [3.63, 3.8) is 0 Å². The minimum Gasteiger partial charge on any atom is -0.490 e. The molecule has 41 heavy (non-hydrogen) atoms. The molecule has 0 N–H and O–H groups in total. The van der Waals surface area contributed by atoms with Gasteiger partial charge in [0.1, 0.15) is 0 Å². The van der Waals surface area contributed by atoms with Crippen molar-refractivity contribution in [2.75, 3.05) is 44.3 Å². The van der Waals surface area contributed by atoms with Crippen LogP contribution >= 0.6 is 0 Å². The van der Waals surface area contributed by atoms with Gasteiger partial charge in [-0.15, -0.1) is 0 Å². The number of ether oxygens (including phenoxy) is 2. The largest absolute Gasteiger partial charge is 0.490 e. The predicted molar refractivity (Wildman–Crippen MR) is 160 cm³/mol. The number of nitrogens with zero attached hydrogens (tertiary/aromatic N) is 3. The van der Waals surface area contributed by atoms with Gasteiger partial charge in [-0.05, 0) is 81.1 Å². The van der Waals surface area contributed by atoms with E-state index in [1.165, 1.54) is 11.3 Å².